The van der Waals surface area contributed by atoms with Crippen molar-refractivity contribution in [1.82, 2.24) is 3.71 Å². The van der Waals surface area contributed by atoms with Crippen molar-refractivity contribution in [3.8, 4) is 0 Å². The van der Waals surface area contributed by atoms with Gasteiger partial charge in [-0.1, -0.05) is 12.2 Å². The van der Waals surface area contributed by atoms with Crippen LogP contribution in [-0.4, -0.2) is 47.8 Å². The van der Waals surface area contributed by atoms with E-state index in [0.717, 1.165) is 6.54 Å². The molecule has 0 aromatic rings. The van der Waals surface area contributed by atoms with Crippen molar-refractivity contribution >= 4 is 20.4 Å². The maximum Gasteiger partial charge on any atom is 0.0373 e. The van der Waals surface area contributed by atoms with Gasteiger partial charge in [0.05, 0.1) is 0 Å². The van der Waals surface area contributed by atoms with Gasteiger partial charge < -0.3 is 0 Å². The van der Waals surface area contributed by atoms with Crippen molar-refractivity contribution in [3.63, 3.8) is 0 Å². The van der Waals surface area contributed by atoms with Crippen LogP contribution in [0.25, 0.3) is 0 Å². The van der Waals surface area contributed by atoms with Crippen LogP contribution in [0.2, 0.25) is 0 Å². The third kappa shape index (κ3) is 4.99. The first-order valence-electron chi connectivity index (χ1n) is 4.34. The highest BCUT2D eigenvalue weighted by atomic mass is 32.3. The van der Waals surface area contributed by atoms with E-state index in [4.69, 9.17) is 0 Å². The molecular formula is C10H25NS2. The lowest BCUT2D eigenvalue weighted by Crippen LogP contribution is -2.29. The molecule has 0 saturated heterocycles. The van der Waals surface area contributed by atoms with Gasteiger partial charge in [0, 0.05) is 6.54 Å². The van der Waals surface area contributed by atoms with Gasteiger partial charge in [0.1, 0.15) is 0 Å². The minimum atomic E-state index is -0.608. The van der Waals surface area contributed by atoms with Gasteiger partial charge in [0.15, 0.2) is 0 Å². The zero-order valence-electron chi connectivity index (χ0n) is 10.2. The molecule has 0 rings (SSSR count). The standard InChI is InChI=1S/C10H25NS2/c1-10(2)9-11(12(3,4)5)13(6,7)8/h1,9H2,2-8H3. The van der Waals surface area contributed by atoms with Crippen LogP contribution >= 0.6 is 20.4 Å². The summed E-state index contributed by atoms with van der Waals surface area (Å²) in [6.45, 7) is 7.17. The molecule has 0 N–H and O–H groups in total. The molecule has 0 amide bonds. The van der Waals surface area contributed by atoms with Crippen molar-refractivity contribution in [1.29, 1.82) is 0 Å². The van der Waals surface area contributed by atoms with Crippen molar-refractivity contribution in [3.05, 3.63) is 12.2 Å². The first-order chi connectivity index (χ1) is 5.55. The van der Waals surface area contributed by atoms with Crippen molar-refractivity contribution in [2.24, 2.45) is 0 Å². The van der Waals surface area contributed by atoms with Gasteiger partial charge in [-0.25, -0.2) is 3.71 Å². The molecule has 0 fully saturated rings. The third-order valence-electron chi connectivity index (χ3n) is 1.62. The van der Waals surface area contributed by atoms with Crippen LogP contribution in [0.15, 0.2) is 12.2 Å². The average Bonchev–Trinajstić information content (AvgIpc) is 1.77. The molecule has 0 aliphatic carbocycles. The zero-order valence-corrected chi connectivity index (χ0v) is 11.8. The molecule has 13 heavy (non-hydrogen) atoms. The molecule has 0 aliphatic heterocycles. The maximum atomic E-state index is 4.01. The Morgan fingerprint density at radius 1 is 1.00 bits per heavy atom. The highest BCUT2D eigenvalue weighted by molar-refractivity contribution is 8.43. The Kier molecular flexibility index (Phi) is 4.41. The summed E-state index contributed by atoms with van der Waals surface area (Å²) in [6, 6.07) is 0. The monoisotopic (exact) mass is 223 g/mol. The van der Waals surface area contributed by atoms with Crippen LogP contribution in [0, 0.1) is 0 Å². The molecule has 0 radical (unpaired) electrons. The van der Waals surface area contributed by atoms with E-state index < -0.39 is 20.4 Å². The molecule has 0 spiro atoms. The Bertz CT molecular complexity index is 172. The molecule has 0 bridgehead atoms. The Balaban J connectivity index is 4.68. The van der Waals surface area contributed by atoms with Crippen molar-refractivity contribution in [2.75, 3.05) is 44.1 Å². The molecular weight excluding hydrogens is 198 g/mol. The summed E-state index contributed by atoms with van der Waals surface area (Å²) in [7, 11) is -1.22. The minimum Gasteiger partial charge on any atom is -0.228 e. The third-order valence-corrected chi connectivity index (χ3v) is 7.01. The second-order valence-corrected chi connectivity index (χ2v) is 13.2. The quantitative estimate of drug-likeness (QED) is 0.662. The first-order valence-corrected chi connectivity index (χ1v) is 9.97. The van der Waals surface area contributed by atoms with Crippen molar-refractivity contribution < 1.29 is 0 Å². The van der Waals surface area contributed by atoms with E-state index in [1.807, 2.05) is 0 Å². The fourth-order valence-corrected chi connectivity index (χ4v) is 7.86. The summed E-state index contributed by atoms with van der Waals surface area (Å²) in [6.07, 6.45) is 14.1. The summed E-state index contributed by atoms with van der Waals surface area (Å²) >= 11 is 0. The molecule has 1 nitrogen and oxygen atoms in total. The second-order valence-electron chi connectivity index (χ2n) is 4.99. The predicted octanol–water partition coefficient (Wildman–Crippen LogP) is 3.08. The van der Waals surface area contributed by atoms with Gasteiger partial charge in [-0.05, 0) is 44.5 Å². The second kappa shape index (κ2) is 4.28. The Labute approximate surface area is 87.5 Å². The molecule has 0 heterocycles. The highest BCUT2D eigenvalue weighted by Gasteiger charge is 2.24. The van der Waals surface area contributed by atoms with Crippen LogP contribution in [0.1, 0.15) is 6.92 Å². The maximum absolute atomic E-state index is 4.01. The molecule has 0 aromatic heterocycles. The van der Waals surface area contributed by atoms with Crippen molar-refractivity contribution in [2.45, 2.75) is 6.92 Å². The van der Waals surface area contributed by atoms with Crippen LogP contribution in [0.5, 0.6) is 0 Å². The minimum absolute atomic E-state index is 0.608. The molecule has 0 atom stereocenters. The van der Waals surface area contributed by atoms with E-state index in [2.05, 4.69) is 54.7 Å². The predicted molar refractivity (Wildman–Crippen MR) is 72.2 cm³/mol. The fourth-order valence-electron chi connectivity index (χ4n) is 1.28. The molecule has 0 aromatic carbocycles. The largest absolute Gasteiger partial charge is 0.228 e. The normalized spacial score (nSPS) is 16.0. The lowest BCUT2D eigenvalue weighted by atomic mass is 10.4. The van der Waals surface area contributed by atoms with Gasteiger partial charge in [-0.2, -0.15) is 20.4 Å². The summed E-state index contributed by atoms with van der Waals surface area (Å²) in [5.74, 6) is 0. The van der Waals surface area contributed by atoms with Gasteiger partial charge in [0.2, 0.25) is 0 Å². The van der Waals surface area contributed by atoms with Crippen LogP contribution < -0.4 is 0 Å². The Morgan fingerprint density at radius 2 is 1.31 bits per heavy atom. The van der Waals surface area contributed by atoms with E-state index in [0.29, 0.717) is 0 Å². The molecule has 3 heteroatoms. The Morgan fingerprint density at radius 3 is 1.38 bits per heavy atom. The zero-order chi connectivity index (χ0) is 10.9. The number of hydrogen-bond donors (Lipinski definition) is 0. The fraction of sp³-hybridized carbons (Fsp3) is 0.800. The summed E-state index contributed by atoms with van der Waals surface area (Å²) < 4.78 is 2.64. The number of hydrogen-bond acceptors (Lipinski definition) is 1. The van der Waals surface area contributed by atoms with E-state index >= 15 is 0 Å². The van der Waals surface area contributed by atoms with Gasteiger partial charge in [0.25, 0.3) is 0 Å². The molecule has 82 valence electrons. The first kappa shape index (κ1) is 13.4. The smallest absolute Gasteiger partial charge is 0.0373 e. The highest BCUT2D eigenvalue weighted by Crippen LogP contribution is 2.56. The Hall–Kier alpha value is 0.400. The summed E-state index contributed by atoms with van der Waals surface area (Å²) in [4.78, 5) is 0. The van der Waals surface area contributed by atoms with E-state index in [9.17, 15) is 0 Å². The van der Waals surface area contributed by atoms with Gasteiger partial charge >= 0.3 is 0 Å². The topological polar surface area (TPSA) is 3.24 Å². The average molecular weight is 223 g/mol. The molecule has 0 unspecified atom stereocenters. The van der Waals surface area contributed by atoms with Gasteiger partial charge in [-0.3, -0.25) is 0 Å². The van der Waals surface area contributed by atoms with Gasteiger partial charge in [-0.15, -0.1) is 0 Å². The van der Waals surface area contributed by atoms with E-state index in [-0.39, 0.29) is 0 Å². The molecule has 0 saturated carbocycles. The lowest BCUT2D eigenvalue weighted by Gasteiger charge is -2.51. The summed E-state index contributed by atoms with van der Waals surface area (Å²) in [5.41, 5.74) is 1.27. The number of nitrogens with zero attached hydrogens (tertiary/aromatic N) is 1. The van der Waals surface area contributed by atoms with E-state index in [1.165, 1.54) is 5.57 Å². The van der Waals surface area contributed by atoms with Crippen LogP contribution in [-0.2, 0) is 0 Å². The molecule has 0 aliphatic rings. The number of rotatable bonds is 4. The van der Waals surface area contributed by atoms with E-state index in [1.54, 1.807) is 0 Å². The van der Waals surface area contributed by atoms with Crippen LogP contribution in [0.3, 0.4) is 0 Å². The van der Waals surface area contributed by atoms with Crippen LogP contribution in [0.4, 0.5) is 0 Å². The lowest BCUT2D eigenvalue weighted by molar-refractivity contribution is 0.780. The summed E-state index contributed by atoms with van der Waals surface area (Å²) in [5, 5.41) is 0. The SMILES string of the molecule is C=C(C)CN(S(C)(C)C)S(C)(C)C.